The van der Waals surface area contributed by atoms with Gasteiger partial charge in [0, 0.05) is 7.11 Å². The van der Waals surface area contributed by atoms with Gasteiger partial charge in [-0.05, 0) is 31.5 Å². The Morgan fingerprint density at radius 3 is 2.85 bits per heavy atom. The average Bonchev–Trinajstić information content (AvgIpc) is 2.87. The van der Waals surface area contributed by atoms with Crippen molar-refractivity contribution in [3.05, 3.63) is 46.9 Å². The Balaban J connectivity index is 2.05. The summed E-state index contributed by atoms with van der Waals surface area (Å²) in [5, 5.41) is 0.198. The minimum Gasteiger partial charge on any atom is -0.460 e. The zero-order chi connectivity index (χ0) is 18.8. The summed E-state index contributed by atoms with van der Waals surface area (Å²) in [6.45, 7) is 3.81. The second kappa shape index (κ2) is 7.59. The number of thioether (sulfide) groups is 1. The molecule has 6 nitrogen and oxygen atoms in total. The monoisotopic (exact) mass is 378 g/mol. The van der Waals surface area contributed by atoms with E-state index in [1.165, 1.54) is 35.9 Å². The highest BCUT2D eigenvalue weighted by atomic mass is 32.2. The molecule has 2 unspecified atom stereocenters. The number of amides is 1. The summed E-state index contributed by atoms with van der Waals surface area (Å²) in [7, 11) is 1.51. The average molecular weight is 378 g/mol. The van der Waals surface area contributed by atoms with Crippen molar-refractivity contribution in [2.45, 2.75) is 25.1 Å². The normalized spacial score (nSPS) is 22.4. The highest BCUT2D eigenvalue weighted by Crippen LogP contribution is 2.43. The smallest absolute Gasteiger partial charge is 0.338 e. The largest absolute Gasteiger partial charge is 0.460 e. The van der Waals surface area contributed by atoms with E-state index >= 15 is 0 Å². The van der Waals surface area contributed by atoms with Crippen LogP contribution in [0.4, 0.5) is 4.39 Å². The van der Waals surface area contributed by atoms with Crippen molar-refractivity contribution in [1.82, 2.24) is 4.90 Å². The molecule has 2 atom stereocenters. The van der Waals surface area contributed by atoms with Gasteiger partial charge in [-0.15, -0.1) is 0 Å². The summed E-state index contributed by atoms with van der Waals surface area (Å²) in [6, 6.07) is 5.12. The molecular formula is C18H19FN2O4S. The number of benzene rings is 1. The molecule has 2 aliphatic heterocycles. The van der Waals surface area contributed by atoms with Crippen LogP contribution in [-0.4, -0.2) is 47.5 Å². The molecule has 0 bridgehead atoms. The van der Waals surface area contributed by atoms with Crippen molar-refractivity contribution >= 4 is 28.8 Å². The van der Waals surface area contributed by atoms with Crippen molar-refractivity contribution < 1.29 is 23.5 Å². The Kier molecular flexibility index (Phi) is 5.43. The lowest BCUT2D eigenvalue weighted by molar-refractivity contribution is -0.141. The van der Waals surface area contributed by atoms with Crippen LogP contribution in [0.5, 0.6) is 0 Å². The molecule has 0 aromatic heterocycles. The molecule has 1 aromatic rings. The van der Waals surface area contributed by atoms with Crippen LogP contribution >= 0.6 is 11.8 Å². The fraction of sp³-hybridized carbons (Fsp3) is 0.389. The Morgan fingerprint density at radius 2 is 2.15 bits per heavy atom. The van der Waals surface area contributed by atoms with E-state index in [9.17, 15) is 14.0 Å². The van der Waals surface area contributed by atoms with Crippen LogP contribution < -0.4 is 0 Å². The van der Waals surface area contributed by atoms with Crippen molar-refractivity contribution in [2.75, 3.05) is 20.3 Å². The lowest BCUT2D eigenvalue weighted by atomic mass is 9.94. The molecule has 1 amide bonds. The van der Waals surface area contributed by atoms with Gasteiger partial charge in [0.1, 0.15) is 12.4 Å². The summed E-state index contributed by atoms with van der Waals surface area (Å²) in [5.41, 5.74) is 1.19. The van der Waals surface area contributed by atoms with Gasteiger partial charge in [0.2, 0.25) is 5.91 Å². The van der Waals surface area contributed by atoms with E-state index in [1.54, 1.807) is 26.0 Å². The van der Waals surface area contributed by atoms with Crippen molar-refractivity contribution in [2.24, 2.45) is 4.99 Å². The van der Waals surface area contributed by atoms with E-state index in [4.69, 9.17) is 9.47 Å². The molecule has 1 saturated heterocycles. The maximum absolute atomic E-state index is 13.8. The van der Waals surface area contributed by atoms with Crippen LogP contribution in [0.1, 0.15) is 25.5 Å². The number of hydrogen-bond donors (Lipinski definition) is 0. The van der Waals surface area contributed by atoms with Crippen LogP contribution in [0, 0.1) is 5.82 Å². The molecule has 8 heteroatoms. The molecule has 2 heterocycles. The number of allylic oxidation sites excluding steroid dienone is 1. The minimum absolute atomic E-state index is 0.0810. The van der Waals surface area contributed by atoms with Gasteiger partial charge < -0.3 is 9.47 Å². The highest BCUT2D eigenvalue weighted by molar-refractivity contribution is 8.15. The van der Waals surface area contributed by atoms with Gasteiger partial charge in [-0.2, -0.15) is 0 Å². The molecule has 3 rings (SSSR count). The third-order valence-electron chi connectivity index (χ3n) is 4.16. The number of aliphatic imine (C=N–C) groups is 1. The Morgan fingerprint density at radius 1 is 1.38 bits per heavy atom. The molecule has 0 N–H and O–H groups in total. The Hall–Kier alpha value is -2.19. The summed E-state index contributed by atoms with van der Waals surface area (Å²) < 4.78 is 24.0. The molecule has 0 spiro atoms. The zero-order valence-electron chi connectivity index (χ0n) is 14.7. The number of carbonyl (C=O) groups excluding carboxylic acids is 2. The van der Waals surface area contributed by atoms with Crippen LogP contribution in [0.3, 0.4) is 0 Å². The first-order chi connectivity index (χ1) is 12.4. The SMILES string of the molecule is COCCOC(=O)C1=C(C)N=C2SC(C)C(=O)N2C1c1cccc(F)c1. The van der Waals surface area contributed by atoms with Gasteiger partial charge in [0.15, 0.2) is 5.17 Å². The van der Waals surface area contributed by atoms with E-state index < -0.39 is 17.8 Å². The summed E-state index contributed by atoms with van der Waals surface area (Å²) in [4.78, 5) is 31.2. The molecule has 0 radical (unpaired) electrons. The van der Waals surface area contributed by atoms with Crippen LogP contribution in [-0.2, 0) is 19.1 Å². The quantitative estimate of drug-likeness (QED) is 0.582. The fourth-order valence-corrected chi connectivity index (χ4v) is 3.98. The van der Waals surface area contributed by atoms with Gasteiger partial charge in [-0.3, -0.25) is 9.69 Å². The molecule has 2 aliphatic rings. The van der Waals surface area contributed by atoms with E-state index in [0.717, 1.165) is 0 Å². The first kappa shape index (κ1) is 18.6. The second-order valence-electron chi connectivity index (χ2n) is 5.95. The number of nitrogens with zero attached hydrogens (tertiary/aromatic N) is 2. The van der Waals surface area contributed by atoms with Gasteiger partial charge in [0.05, 0.1) is 29.2 Å². The lowest BCUT2D eigenvalue weighted by Crippen LogP contribution is -2.40. The standard InChI is InChI=1S/C18H19FN2O4S/c1-10-14(17(23)25-8-7-24-3)15(12-5-4-6-13(19)9-12)21-16(22)11(2)26-18(21)20-10/h4-6,9,11,15H,7-8H2,1-3H3. The number of amidine groups is 1. The van der Waals surface area contributed by atoms with Gasteiger partial charge in [0.25, 0.3) is 0 Å². The maximum Gasteiger partial charge on any atom is 0.338 e. The van der Waals surface area contributed by atoms with Crippen molar-refractivity contribution in [3.63, 3.8) is 0 Å². The predicted octanol–water partition coefficient (Wildman–Crippen LogP) is 2.66. The number of carbonyl (C=O) groups is 2. The number of rotatable bonds is 5. The molecule has 26 heavy (non-hydrogen) atoms. The van der Waals surface area contributed by atoms with E-state index in [2.05, 4.69) is 4.99 Å². The topological polar surface area (TPSA) is 68.2 Å². The van der Waals surface area contributed by atoms with Gasteiger partial charge in [-0.1, -0.05) is 23.9 Å². The van der Waals surface area contributed by atoms with Crippen molar-refractivity contribution in [3.8, 4) is 0 Å². The van der Waals surface area contributed by atoms with E-state index in [1.807, 2.05) is 0 Å². The molecule has 1 aromatic carbocycles. The maximum atomic E-state index is 13.8. The number of fused-ring (bicyclic) bond motifs is 1. The van der Waals surface area contributed by atoms with Gasteiger partial charge >= 0.3 is 5.97 Å². The fourth-order valence-electron chi connectivity index (χ4n) is 2.95. The minimum atomic E-state index is -0.766. The third-order valence-corrected chi connectivity index (χ3v) is 5.22. The first-order valence-electron chi connectivity index (χ1n) is 8.14. The first-order valence-corrected chi connectivity index (χ1v) is 9.02. The predicted molar refractivity (Wildman–Crippen MR) is 96.0 cm³/mol. The number of halogens is 1. The summed E-state index contributed by atoms with van der Waals surface area (Å²) in [5.74, 6) is -1.20. The van der Waals surface area contributed by atoms with Gasteiger partial charge in [-0.25, -0.2) is 14.2 Å². The number of methoxy groups -OCH3 is 1. The Labute approximate surface area is 155 Å². The third kappa shape index (κ3) is 3.39. The number of ether oxygens (including phenoxy) is 2. The second-order valence-corrected chi connectivity index (χ2v) is 7.26. The van der Waals surface area contributed by atoms with E-state index in [-0.39, 0.29) is 29.9 Å². The molecule has 138 valence electrons. The Bertz CT molecular complexity index is 808. The van der Waals surface area contributed by atoms with E-state index in [0.29, 0.717) is 16.4 Å². The summed E-state index contributed by atoms with van der Waals surface area (Å²) >= 11 is 1.33. The van der Waals surface area contributed by atoms with Crippen LogP contribution in [0.15, 0.2) is 40.5 Å². The van der Waals surface area contributed by atoms with Crippen molar-refractivity contribution in [1.29, 1.82) is 0 Å². The molecule has 1 fully saturated rings. The lowest BCUT2D eigenvalue weighted by Gasteiger charge is -2.33. The number of hydrogen-bond acceptors (Lipinski definition) is 6. The van der Waals surface area contributed by atoms with Crippen LogP contribution in [0.2, 0.25) is 0 Å². The molecule has 0 saturated carbocycles. The zero-order valence-corrected chi connectivity index (χ0v) is 15.5. The highest BCUT2D eigenvalue weighted by Gasteiger charge is 2.46. The summed E-state index contributed by atoms with van der Waals surface area (Å²) in [6.07, 6.45) is 0. The molecular weight excluding hydrogens is 359 g/mol. The number of esters is 1. The van der Waals surface area contributed by atoms with Crippen LogP contribution in [0.25, 0.3) is 0 Å². The molecule has 0 aliphatic carbocycles.